The smallest absolute Gasteiger partial charge is 0.243 e. The van der Waals surface area contributed by atoms with Gasteiger partial charge in [-0.25, -0.2) is 8.42 Å². The lowest BCUT2D eigenvalue weighted by molar-refractivity contribution is -0.136. The van der Waals surface area contributed by atoms with Crippen LogP contribution in [0.2, 0.25) is 0 Å². The monoisotopic (exact) mass is 586 g/mol. The lowest BCUT2D eigenvalue weighted by Gasteiger charge is -2.42. The fourth-order valence-corrected chi connectivity index (χ4v) is 8.12. The van der Waals surface area contributed by atoms with E-state index in [4.69, 9.17) is 9.47 Å². The van der Waals surface area contributed by atoms with Crippen LogP contribution in [0.1, 0.15) is 77.2 Å². The number of carbonyl (C=O) groups is 1. The molecule has 1 unspecified atom stereocenters. The van der Waals surface area contributed by atoms with E-state index in [2.05, 4.69) is 5.32 Å². The molecule has 0 spiro atoms. The molecule has 2 atom stereocenters. The second-order valence-corrected chi connectivity index (χ2v) is 13.6. The highest BCUT2D eigenvalue weighted by atomic mass is 32.2. The number of hydrogen-bond donors (Lipinski definition) is 2. The molecule has 0 aromatic heterocycles. The molecule has 2 saturated carbocycles. The third-order valence-electron chi connectivity index (χ3n) is 9.14. The Bertz CT molecular complexity index is 1220. The Kier molecular flexibility index (Phi) is 10.5. The maximum Gasteiger partial charge on any atom is 0.243 e. The van der Waals surface area contributed by atoms with Gasteiger partial charge < -0.3 is 19.9 Å². The van der Waals surface area contributed by atoms with Crippen molar-refractivity contribution in [3.05, 3.63) is 60.2 Å². The number of ether oxygens (including phenoxy) is 2. The predicted molar refractivity (Wildman–Crippen MR) is 159 cm³/mol. The summed E-state index contributed by atoms with van der Waals surface area (Å²) in [5, 5.41) is 15.2. The van der Waals surface area contributed by atoms with Gasteiger partial charge in [-0.2, -0.15) is 4.31 Å². The molecule has 8 nitrogen and oxygen atoms in total. The van der Waals surface area contributed by atoms with Gasteiger partial charge >= 0.3 is 0 Å². The van der Waals surface area contributed by atoms with Crippen LogP contribution < -0.4 is 10.1 Å². The van der Waals surface area contributed by atoms with Crippen LogP contribution in [-0.4, -0.2) is 62.8 Å². The number of carbonyl (C=O) groups excluding carboxylic acids is 1. The molecular weight excluding hydrogens is 540 g/mol. The number of amides is 1. The van der Waals surface area contributed by atoms with E-state index in [1.54, 1.807) is 24.3 Å². The minimum absolute atomic E-state index is 0.106. The summed E-state index contributed by atoms with van der Waals surface area (Å²) in [4.78, 5) is 14.2. The van der Waals surface area contributed by atoms with Crippen LogP contribution in [-0.2, 0) is 25.1 Å². The summed E-state index contributed by atoms with van der Waals surface area (Å²) >= 11 is 0. The Morgan fingerprint density at radius 2 is 1.71 bits per heavy atom. The molecule has 2 aliphatic rings. The highest BCUT2D eigenvalue weighted by Gasteiger charge is 2.47. The molecule has 226 valence electrons. The Hall–Kier alpha value is -2.46. The molecule has 1 amide bonds. The van der Waals surface area contributed by atoms with E-state index in [0.29, 0.717) is 25.4 Å². The van der Waals surface area contributed by atoms with Crippen molar-refractivity contribution in [3.8, 4) is 5.75 Å². The fourth-order valence-electron chi connectivity index (χ4n) is 6.43. The maximum absolute atomic E-state index is 14.1. The lowest BCUT2D eigenvalue weighted by Crippen LogP contribution is -2.59. The van der Waals surface area contributed by atoms with Gasteiger partial charge in [0.1, 0.15) is 5.75 Å². The second kappa shape index (κ2) is 13.7. The lowest BCUT2D eigenvalue weighted by atomic mass is 9.79. The molecule has 2 N–H and O–H groups in total. The van der Waals surface area contributed by atoms with E-state index in [1.807, 2.05) is 44.2 Å². The number of benzene rings is 2. The van der Waals surface area contributed by atoms with Crippen molar-refractivity contribution >= 4 is 15.9 Å². The molecule has 9 heteroatoms. The fraction of sp³-hybridized carbons (Fsp3) is 0.594. The number of rotatable bonds is 14. The Balaban J connectivity index is 1.66. The van der Waals surface area contributed by atoms with Crippen molar-refractivity contribution in [3.63, 3.8) is 0 Å². The average Bonchev–Trinajstić information content (AvgIpc) is 3.70. The van der Waals surface area contributed by atoms with Crippen molar-refractivity contribution in [2.75, 3.05) is 26.9 Å². The number of methoxy groups -OCH3 is 1. The van der Waals surface area contributed by atoms with Gasteiger partial charge in [-0.1, -0.05) is 56.0 Å². The first kappa shape index (κ1) is 31.5. The first-order valence-electron chi connectivity index (χ1n) is 15.0. The van der Waals surface area contributed by atoms with Crippen LogP contribution >= 0.6 is 0 Å². The molecule has 0 radical (unpaired) electrons. The summed E-state index contributed by atoms with van der Waals surface area (Å²) in [6.07, 6.45) is 6.24. The molecule has 0 aliphatic heterocycles. The first-order chi connectivity index (χ1) is 19.7. The van der Waals surface area contributed by atoms with Crippen molar-refractivity contribution in [1.82, 2.24) is 9.62 Å². The van der Waals surface area contributed by atoms with Gasteiger partial charge in [0.05, 0.1) is 29.1 Å². The van der Waals surface area contributed by atoms with Gasteiger partial charge in [-0.3, -0.25) is 4.79 Å². The van der Waals surface area contributed by atoms with Crippen molar-refractivity contribution < 1.29 is 27.8 Å². The van der Waals surface area contributed by atoms with Gasteiger partial charge in [0, 0.05) is 25.8 Å². The number of nitrogens with one attached hydrogen (secondary N) is 1. The molecule has 4 rings (SSSR count). The van der Waals surface area contributed by atoms with Crippen LogP contribution in [0.5, 0.6) is 5.75 Å². The summed E-state index contributed by atoms with van der Waals surface area (Å²) < 4.78 is 40.3. The molecule has 2 aliphatic carbocycles. The molecule has 2 aromatic rings. The number of aliphatic hydroxyl groups excluding tert-OH is 1. The Morgan fingerprint density at radius 1 is 1.07 bits per heavy atom. The predicted octanol–water partition coefficient (Wildman–Crippen LogP) is 5.01. The Morgan fingerprint density at radius 3 is 2.29 bits per heavy atom. The molecule has 0 heterocycles. The summed E-state index contributed by atoms with van der Waals surface area (Å²) in [5.41, 5.74) is -1.05. The third kappa shape index (κ3) is 6.96. The minimum atomic E-state index is -3.93. The van der Waals surface area contributed by atoms with Gasteiger partial charge in [-0.05, 0) is 75.8 Å². The normalized spacial score (nSPS) is 19.6. The van der Waals surface area contributed by atoms with Crippen molar-refractivity contribution in [2.45, 2.75) is 94.2 Å². The van der Waals surface area contributed by atoms with Crippen LogP contribution in [0.15, 0.2) is 59.5 Å². The van der Waals surface area contributed by atoms with E-state index in [9.17, 15) is 18.3 Å². The van der Waals surface area contributed by atoms with Crippen molar-refractivity contribution in [1.29, 1.82) is 0 Å². The summed E-state index contributed by atoms with van der Waals surface area (Å²) in [6.45, 7) is 4.71. The first-order valence-corrected chi connectivity index (χ1v) is 16.4. The summed E-state index contributed by atoms with van der Waals surface area (Å²) in [7, 11) is -2.39. The minimum Gasteiger partial charge on any atom is -0.497 e. The van der Waals surface area contributed by atoms with E-state index >= 15 is 0 Å². The maximum atomic E-state index is 14.1. The molecule has 2 fully saturated rings. The van der Waals surface area contributed by atoms with E-state index in [1.165, 1.54) is 11.4 Å². The van der Waals surface area contributed by atoms with Crippen LogP contribution in [0.4, 0.5) is 0 Å². The zero-order valence-electron chi connectivity index (χ0n) is 24.7. The number of nitrogens with zero attached hydrogens (tertiary/aromatic N) is 1. The van der Waals surface area contributed by atoms with Crippen molar-refractivity contribution in [2.24, 2.45) is 5.41 Å². The summed E-state index contributed by atoms with van der Waals surface area (Å²) in [6, 6.07) is 15.5. The van der Waals surface area contributed by atoms with Gasteiger partial charge in [0.15, 0.2) is 0 Å². The zero-order chi connectivity index (χ0) is 29.5. The third-order valence-corrected chi connectivity index (χ3v) is 11.1. The van der Waals surface area contributed by atoms with E-state index < -0.39 is 27.1 Å². The van der Waals surface area contributed by atoms with E-state index in [0.717, 1.165) is 56.9 Å². The molecule has 0 saturated heterocycles. The highest BCUT2D eigenvalue weighted by molar-refractivity contribution is 7.89. The van der Waals surface area contributed by atoms with Crippen LogP contribution in [0, 0.1) is 5.41 Å². The average molecular weight is 587 g/mol. The standard InChI is InChI=1S/C32H46N2O6S/c1-4-40-23-22-32(20-10-11-21-32)30(36)33-31(2,25-12-6-5-7-13-25)29(35)24-34(26-14-8-9-15-26)41(37,38)28-18-16-27(39-3)17-19-28/h5-7,12-13,16-19,26,29,35H,4,8-11,14-15,20-24H2,1-3H3,(H,33,36)/t29?,31-/m0/s1. The number of hydrogen-bond acceptors (Lipinski definition) is 6. The SMILES string of the molecule is CCOCCC1(C(=O)N[C@@](C)(c2ccccc2)C(O)CN(C2CCCC2)S(=O)(=O)c2ccc(OC)cc2)CCCC1. The van der Waals surface area contributed by atoms with Crippen LogP contribution in [0.25, 0.3) is 0 Å². The molecule has 2 aromatic carbocycles. The second-order valence-electron chi connectivity index (χ2n) is 11.7. The van der Waals surface area contributed by atoms with E-state index in [-0.39, 0.29) is 23.4 Å². The quantitative estimate of drug-likeness (QED) is 0.302. The number of aliphatic hydroxyl groups is 1. The molecule has 0 bridgehead atoms. The number of sulfonamides is 1. The topological polar surface area (TPSA) is 105 Å². The Labute approximate surface area is 245 Å². The summed E-state index contributed by atoms with van der Waals surface area (Å²) in [5.74, 6) is 0.464. The van der Waals surface area contributed by atoms with Gasteiger partial charge in [-0.15, -0.1) is 0 Å². The van der Waals surface area contributed by atoms with Gasteiger partial charge in [0.25, 0.3) is 0 Å². The highest BCUT2D eigenvalue weighted by Crippen LogP contribution is 2.43. The largest absolute Gasteiger partial charge is 0.497 e. The van der Waals surface area contributed by atoms with Crippen LogP contribution in [0.3, 0.4) is 0 Å². The molecular formula is C32H46N2O6S. The zero-order valence-corrected chi connectivity index (χ0v) is 25.5. The van der Waals surface area contributed by atoms with Gasteiger partial charge in [0.2, 0.25) is 15.9 Å². The molecule has 41 heavy (non-hydrogen) atoms.